The Morgan fingerprint density at radius 3 is 2.48 bits per heavy atom. The van der Waals surface area contributed by atoms with Crippen molar-refractivity contribution in [3.05, 3.63) is 53.1 Å². The number of fused-ring (bicyclic) bond motifs is 7. The molecule has 0 radical (unpaired) electrons. The number of carbonyl (C=O) groups is 2. The maximum atomic E-state index is 13.3. The summed E-state index contributed by atoms with van der Waals surface area (Å²) in [4.78, 5) is 26.5. The first-order valence-electron chi connectivity index (χ1n) is 14.3. The molecule has 2 atom stereocenters. The molecule has 1 aromatic heterocycles. The number of aromatic nitrogens is 1. The summed E-state index contributed by atoms with van der Waals surface area (Å²) in [6.07, 6.45) is 7.58. The number of carbonyl (C=O) groups excluding carboxylic acids is 2. The van der Waals surface area contributed by atoms with Gasteiger partial charge < -0.3 is 14.0 Å². The first-order chi connectivity index (χ1) is 19.3. The summed E-state index contributed by atoms with van der Waals surface area (Å²) < 4.78 is 40.5. The third-order valence-electron chi connectivity index (χ3n) is 9.57. The molecule has 8 nitrogen and oxygen atoms in total. The zero-order chi connectivity index (χ0) is 27.8. The molecule has 0 spiro atoms. The van der Waals surface area contributed by atoms with Gasteiger partial charge in [-0.1, -0.05) is 25.3 Å². The third kappa shape index (κ3) is 3.88. The van der Waals surface area contributed by atoms with Gasteiger partial charge in [-0.25, -0.2) is 13.1 Å². The van der Waals surface area contributed by atoms with Gasteiger partial charge in [0, 0.05) is 34.5 Å². The summed E-state index contributed by atoms with van der Waals surface area (Å²) >= 11 is 0. The smallest absolute Gasteiger partial charge is 0.314 e. The predicted octanol–water partition coefficient (Wildman–Crippen LogP) is 5.25. The van der Waals surface area contributed by atoms with E-state index in [0.717, 1.165) is 46.3 Å². The number of benzene rings is 2. The molecular formula is C31H34N2O6S. The third-order valence-corrected chi connectivity index (χ3v) is 11.4. The Morgan fingerprint density at radius 1 is 1.00 bits per heavy atom. The molecule has 3 aliphatic carbocycles. The zero-order valence-corrected chi connectivity index (χ0v) is 23.7. The van der Waals surface area contributed by atoms with E-state index >= 15 is 0 Å². The first-order valence-corrected chi connectivity index (χ1v) is 15.8. The molecule has 7 rings (SSSR count). The van der Waals surface area contributed by atoms with E-state index in [1.807, 2.05) is 12.1 Å². The van der Waals surface area contributed by atoms with Crippen LogP contribution < -0.4 is 9.46 Å². The molecule has 3 saturated carbocycles. The van der Waals surface area contributed by atoms with Crippen LogP contribution in [0, 0.1) is 5.41 Å². The summed E-state index contributed by atoms with van der Waals surface area (Å²) in [6, 6.07) is 11.6. The van der Waals surface area contributed by atoms with Gasteiger partial charge in [-0.15, -0.1) is 0 Å². The Bertz CT molecular complexity index is 1660. The summed E-state index contributed by atoms with van der Waals surface area (Å²) in [6.45, 7) is 0.436. The van der Waals surface area contributed by atoms with Gasteiger partial charge in [0.05, 0.1) is 30.6 Å². The summed E-state index contributed by atoms with van der Waals surface area (Å²) in [7, 11) is -0.584. The van der Waals surface area contributed by atoms with Crippen LogP contribution >= 0.6 is 0 Å². The fourth-order valence-electron chi connectivity index (χ4n) is 7.26. The molecule has 3 aromatic rings. The fraction of sp³-hybridized carbons (Fsp3) is 0.484. The molecule has 2 aromatic carbocycles. The van der Waals surface area contributed by atoms with Crippen molar-refractivity contribution in [2.75, 3.05) is 14.2 Å². The molecule has 210 valence electrons. The predicted molar refractivity (Wildman–Crippen MR) is 151 cm³/mol. The first kappa shape index (κ1) is 25.6. The van der Waals surface area contributed by atoms with Crippen molar-refractivity contribution in [1.29, 1.82) is 0 Å². The largest absolute Gasteiger partial charge is 0.497 e. The van der Waals surface area contributed by atoms with Crippen LogP contribution in [0.1, 0.15) is 84.7 Å². The molecule has 1 amide bonds. The molecule has 0 saturated heterocycles. The van der Waals surface area contributed by atoms with Crippen molar-refractivity contribution in [2.24, 2.45) is 5.41 Å². The second-order valence-corrected chi connectivity index (χ2v) is 13.9. The average Bonchev–Trinajstić information content (AvgIpc) is 3.89. The number of hydrogen-bond donors (Lipinski definition) is 1. The highest BCUT2D eigenvalue weighted by molar-refractivity contribution is 7.91. The van der Waals surface area contributed by atoms with Crippen molar-refractivity contribution in [1.82, 2.24) is 9.29 Å². The standard InChI is InChI=1S/C31H34N2O6S/c1-38-20-9-13-22-24(15-20)25-16-31(25,30(35)39-2)17-33-26-14-19(29(34)32-40(36,37)21-10-11-21)8-12-23(26)27(28(22)33)18-6-4-3-5-7-18/h8-9,12-15,18,21,25H,3-7,10-11,16-17H2,1-2H3,(H,32,34). The average molecular weight is 563 g/mol. The Labute approximate surface area is 234 Å². The van der Waals surface area contributed by atoms with Gasteiger partial charge in [0.25, 0.3) is 5.91 Å². The minimum atomic E-state index is -3.68. The van der Waals surface area contributed by atoms with E-state index in [0.29, 0.717) is 37.3 Å². The quantitative estimate of drug-likeness (QED) is 0.412. The number of sulfonamides is 1. The van der Waals surface area contributed by atoms with Crippen LogP contribution in [0.3, 0.4) is 0 Å². The molecule has 2 heterocycles. The summed E-state index contributed by atoms with van der Waals surface area (Å²) in [5.74, 6) is 0.276. The van der Waals surface area contributed by atoms with E-state index in [9.17, 15) is 18.0 Å². The summed E-state index contributed by atoms with van der Waals surface area (Å²) in [5, 5.41) is 0.576. The van der Waals surface area contributed by atoms with Crippen molar-refractivity contribution >= 4 is 32.8 Å². The van der Waals surface area contributed by atoms with Crippen molar-refractivity contribution in [3.8, 4) is 17.0 Å². The number of esters is 1. The second kappa shape index (κ2) is 9.09. The lowest BCUT2D eigenvalue weighted by Gasteiger charge is -2.24. The van der Waals surface area contributed by atoms with Crippen LogP contribution in [-0.4, -0.2) is 44.3 Å². The molecule has 4 aliphatic rings. The molecule has 0 bridgehead atoms. The normalized spacial score (nSPS) is 23.9. The highest BCUT2D eigenvalue weighted by atomic mass is 32.2. The number of hydrogen-bond acceptors (Lipinski definition) is 6. The van der Waals surface area contributed by atoms with E-state index in [-0.39, 0.29) is 11.9 Å². The van der Waals surface area contributed by atoms with Crippen molar-refractivity contribution in [3.63, 3.8) is 0 Å². The Balaban J connectivity index is 1.45. The van der Waals surface area contributed by atoms with Gasteiger partial charge in [0.1, 0.15) is 5.75 Å². The zero-order valence-electron chi connectivity index (χ0n) is 22.9. The van der Waals surface area contributed by atoms with Crippen LogP contribution in [0.2, 0.25) is 0 Å². The highest BCUT2D eigenvalue weighted by Crippen LogP contribution is 2.66. The molecule has 1 aliphatic heterocycles. The second-order valence-electron chi connectivity index (χ2n) is 11.9. The van der Waals surface area contributed by atoms with E-state index < -0.39 is 26.6 Å². The Hall–Kier alpha value is -3.33. The number of nitrogens with zero attached hydrogens (tertiary/aromatic N) is 1. The fourth-order valence-corrected chi connectivity index (χ4v) is 8.56. The van der Waals surface area contributed by atoms with Gasteiger partial charge in [-0.2, -0.15) is 0 Å². The molecular weight excluding hydrogens is 528 g/mol. The van der Waals surface area contributed by atoms with Crippen LogP contribution in [0.5, 0.6) is 5.75 Å². The number of amides is 1. The molecule has 1 N–H and O–H groups in total. The van der Waals surface area contributed by atoms with E-state index in [2.05, 4.69) is 21.4 Å². The van der Waals surface area contributed by atoms with Crippen molar-refractivity contribution in [2.45, 2.75) is 75.0 Å². The lowest BCUT2D eigenvalue weighted by molar-refractivity contribution is -0.147. The van der Waals surface area contributed by atoms with Gasteiger partial charge in [0.2, 0.25) is 10.0 Å². The minimum Gasteiger partial charge on any atom is -0.497 e. The number of ether oxygens (including phenoxy) is 2. The summed E-state index contributed by atoms with van der Waals surface area (Å²) in [5.41, 5.74) is 4.99. The van der Waals surface area contributed by atoms with E-state index in [4.69, 9.17) is 9.47 Å². The topological polar surface area (TPSA) is 104 Å². The minimum absolute atomic E-state index is 0.00868. The van der Waals surface area contributed by atoms with E-state index in [1.165, 1.54) is 31.9 Å². The van der Waals surface area contributed by atoms with Crippen LogP contribution in [-0.2, 0) is 26.1 Å². The molecule has 2 unspecified atom stereocenters. The van der Waals surface area contributed by atoms with Crippen LogP contribution in [0.4, 0.5) is 0 Å². The Morgan fingerprint density at radius 2 is 1.77 bits per heavy atom. The Kier molecular flexibility index (Phi) is 5.82. The number of nitrogens with one attached hydrogen (secondary N) is 1. The SMILES string of the molecule is COC(=O)C12CC1c1cc(OC)ccc1-c1c(C3CCCCC3)c3ccc(C(=O)NS(=O)(=O)C4CC4)cc3n1C2. The molecule has 40 heavy (non-hydrogen) atoms. The maximum absolute atomic E-state index is 13.3. The van der Waals surface area contributed by atoms with E-state index in [1.54, 1.807) is 19.2 Å². The van der Waals surface area contributed by atoms with Gasteiger partial charge in [-0.3, -0.25) is 9.59 Å². The van der Waals surface area contributed by atoms with Gasteiger partial charge >= 0.3 is 5.97 Å². The molecule has 3 fully saturated rings. The van der Waals surface area contributed by atoms with Gasteiger partial charge in [0.15, 0.2) is 0 Å². The maximum Gasteiger partial charge on any atom is 0.314 e. The highest BCUT2D eigenvalue weighted by Gasteiger charge is 2.64. The van der Waals surface area contributed by atoms with Crippen molar-refractivity contribution < 1.29 is 27.5 Å². The number of rotatable bonds is 6. The van der Waals surface area contributed by atoms with Crippen LogP contribution in [0.25, 0.3) is 22.2 Å². The van der Waals surface area contributed by atoms with Gasteiger partial charge in [-0.05, 0) is 79.5 Å². The lowest BCUT2D eigenvalue weighted by atomic mass is 9.81. The monoisotopic (exact) mass is 562 g/mol. The number of methoxy groups -OCH3 is 2. The molecule has 9 heteroatoms. The van der Waals surface area contributed by atoms with Crippen LogP contribution in [0.15, 0.2) is 36.4 Å². The lowest BCUT2D eigenvalue weighted by Crippen LogP contribution is -2.33.